The molecule has 52 valence electrons. The Morgan fingerprint density at radius 2 is 2.00 bits per heavy atom. The molecule has 0 spiro atoms. The van der Waals surface area contributed by atoms with Gasteiger partial charge in [-0.25, -0.2) is 0 Å². The van der Waals surface area contributed by atoms with Crippen LogP contribution in [0.1, 0.15) is 32.6 Å². The number of hydrogen-bond donors (Lipinski definition) is 1. The second-order valence-corrected chi connectivity index (χ2v) is 4.18. The number of hydrogen-bond acceptors (Lipinski definition) is 1. The third-order valence-corrected chi connectivity index (χ3v) is 2.90. The van der Waals surface area contributed by atoms with Crippen LogP contribution in [0.2, 0.25) is 0 Å². The van der Waals surface area contributed by atoms with Crippen molar-refractivity contribution >= 4 is 0 Å². The molecule has 0 heterocycles. The van der Waals surface area contributed by atoms with Crippen molar-refractivity contribution in [3.05, 3.63) is 0 Å². The molecule has 1 unspecified atom stereocenters. The molecule has 1 nitrogen and oxygen atoms in total. The first-order chi connectivity index (χ1) is 4.18. The van der Waals surface area contributed by atoms with Crippen LogP contribution in [0.5, 0.6) is 0 Å². The zero-order chi connectivity index (χ0) is 6.48. The highest BCUT2D eigenvalue weighted by Gasteiger charge is 2.46. The van der Waals surface area contributed by atoms with E-state index >= 15 is 0 Å². The molecule has 1 N–H and O–H groups in total. The van der Waals surface area contributed by atoms with Gasteiger partial charge in [0.15, 0.2) is 0 Å². The predicted octanol–water partition coefficient (Wildman–Crippen LogP) is 1.56. The van der Waals surface area contributed by atoms with Crippen molar-refractivity contribution in [2.24, 2.45) is 11.3 Å². The lowest BCUT2D eigenvalue weighted by Gasteiger charge is -2.52. The minimum absolute atomic E-state index is 0.0301. The van der Waals surface area contributed by atoms with Gasteiger partial charge < -0.3 is 5.11 Å². The second-order valence-electron chi connectivity index (χ2n) is 4.18. The molecule has 0 saturated heterocycles. The smallest absolute Gasteiger partial charge is 0.0548 e. The molecular formula is C8H14O. The lowest BCUT2D eigenvalue weighted by Crippen LogP contribution is -2.44. The lowest BCUT2D eigenvalue weighted by molar-refractivity contribution is -0.0644. The zero-order valence-corrected chi connectivity index (χ0v) is 5.93. The highest BCUT2D eigenvalue weighted by Crippen LogP contribution is 2.55. The van der Waals surface area contributed by atoms with Gasteiger partial charge in [-0.1, -0.05) is 6.92 Å². The van der Waals surface area contributed by atoms with E-state index in [4.69, 9.17) is 0 Å². The van der Waals surface area contributed by atoms with Crippen LogP contribution in [-0.4, -0.2) is 11.2 Å². The van der Waals surface area contributed by atoms with Crippen LogP contribution in [0, 0.1) is 11.3 Å². The van der Waals surface area contributed by atoms with Gasteiger partial charge in [-0.05, 0) is 37.0 Å². The van der Waals surface area contributed by atoms with E-state index in [2.05, 4.69) is 6.92 Å². The van der Waals surface area contributed by atoms with Gasteiger partial charge in [0.2, 0.25) is 0 Å². The normalized spacial score (nSPS) is 56.7. The highest BCUT2D eigenvalue weighted by molar-refractivity contribution is 4.97. The van der Waals surface area contributed by atoms with E-state index in [9.17, 15) is 5.11 Å². The van der Waals surface area contributed by atoms with Crippen molar-refractivity contribution in [2.75, 3.05) is 0 Å². The van der Waals surface area contributed by atoms with E-state index in [0.717, 1.165) is 18.8 Å². The van der Waals surface area contributed by atoms with Gasteiger partial charge in [0.05, 0.1) is 6.10 Å². The zero-order valence-electron chi connectivity index (χ0n) is 5.93. The summed E-state index contributed by atoms with van der Waals surface area (Å²) in [4.78, 5) is 0. The quantitative estimate of drug-likeness (QED) is 0.522. The average Bonchev–Trinajstić information content (AvgIpc) is 1.58. The van der Waals surface area contributed by atoms with Crippen LogP contribution in [-0.2, 0) is 0 Å². The first kappa shape index (κ1) is 5.72. The first-order valence-corrected chi connectivity index (χ1v) is 3.86. The monoisotopic (exact) mass is 126 g/mol. The van der Waals surface area contributed by atoms with Crippen LogP contribution >= 0.6 is 0 Å². The van der Waals surface area contributed by atoms with Crippen LogP contribution < -0.4 is 0 Å². The summed E-state index contributed by atoms with van der Waals surface area (Å²) >= 11 is 0. The Morgan fingerprint density at radius 3 is 2.33 bits per heavy atom. The maximum absolute atomic E-state index is 9.28. The molecule has 0 aliphatic heterocycles. The molecule has 1 atom stereocenters. The Morgan fingerprint density at radius 1 is 1.33 bits per heavy atom. The van der Waals surface area contributed by atoms with Gasteiger partial charge in [0.1, 0.15) is 0 Å². The predicted molar refractivity (Wildman–Crippen MR) is 36.1 cm³/mol. The van der Waals surface area contributed by atoms with Gasteiger partial charge in [0, 0.05) is 0 Å². The number of aliphatic hydroxyl groups excluding tert-OH is 1. The third kappa shape index (κ3) is 0.787. The Bertz CT molecular complexity index is 122. The Kier molecular flexibility index (Phi) is 0.963. The molecule has 0 aromatic carbocycles. The molecule has 0 aromatic rings. The Labute approximate surface area is 56.1 Å². The molecule has 0 amide bonds. The van der Waals surface area contributed by atoms with Crippen molar-refractivity contribution in [2.45, 2.75) is 38.7 Å². The fourth-order valence-corrected chi connectivity index (χ4v) is 2.70. The molecule has 9 heavy (non-hydrogen) atoms. The maximum atomic E-state index is 9.28. The molecular weight excluding hydrogens is 112 g/mol. The summed E-state index contributed by atoms with van der Waals surface area (Å²) in [5.74, 6) is 0.874. The fourth-order valence-electron chi connectivity index (χ4n) is 2.70. The van der Waals surface area contributed by atoms with Crippen molar-refractivity contribution in [1.29, 1.82) is 0 Å². The van der Waals surface area contributed by atoms with E-state index in [0.29, 0.717) is 5.41 Å². The standard InChI is InChI=1S/C8H14O/c1-8-3-6(4-8)2-7(9)5-8/h6-7,9H,2-5H2,1H3. The molecule has 0 radical (unpaired) electrons. The SMILES string of the molecule is CC12CC(O)CC(C1)C2. The summed E-state index contributed by atoms with van der Waals surface area (Å²) in [7, 11) is 0. The molecule has 3 rings (SSSR count). The van der Waals surface area contributed by atoms with E-state index in [1.807, 2.05) is 0 Å². The summed E-state index contributed by atoms with van der Waals surface area (Å²) in [6.45, 7) is 2.30. The number of aliphatic hydroxyl groups is 1. The molecule has 3 saturated carbocycles. The summed E-state index contributed by atoms with van der Waals surface area (Å²) in [5.41, 5.74) is 0.544. The Balaban J connectivity index is 2.05. The largest absolute Gasteiger partial charge is 0.393 e. The first-order valence-electron chi connectivity index (χ1n) is 3.86. The van der Waals surface area contributed by atoms with Crippen LogP contribution in [0.4, 0.5) is 0 Å². The third-order valence-electron chi connectivity index (χ3n) is 2.90. The minimum atomic E-state index is 0.0301. The van der Waals surface area contributed by atoms with Crippen molar-refractivity contribution in [3.8, 4) is 0 Å². The highest BCUT2D eigenvalue weighted by atomic mass is 16.3. The summed E-state index contributed by atoms with van der Waals surface area (Å²) in [6, 6.07) is 0. The molecule has 3 aliphatic rings. The van der Waals surface area contributed by atoms with Crippen LogP contribution in [0.3, 0.4) is 0 Å². The van der Waals surface area contributed by atoms with E-state index in [1.54, 1.807) is 0 Å². The minimum Gasteiger partial charge on any atom is -0.393 e. The molecule has 3 aliphatic carbocycles. The van der Waals surface area contributed by atoms with Gasteiger partial charge >= 0.3 is 0 Å². The molecule has 1 heteroatoms. The van der Waals surface area contributed by atoms with Crippen LogP contribution in [0.25, 0.3) is 0 Å². The van der Waals surface area contributed by atoms with E-state index < -0.39 is 0 Å². The van der Waals surface area contributed by atoms with Crippen molar-refractivity contribution < 1.29 is 5.11 Å². The van der Waals surface area contributed by atoms with E-state index in [1.165, 1.54) is 12.8 Å². The Hall–Kier alpha value is -0.0400. The van der Waals surface area contributed by atoms with E-state index in [-0.39, 0.29) is 6.10 Å². The van der Waals surface area contributed by atoms with Crippen LogP contribution in [0.15, 0.2) is 0 Å². The molecule has 0 aromatic heterocycles. The summed E-state index contributed by atoms with van der Waals surface area (Å²) < 4.78 is 0. The number of fused-ring (bicyclic) bond motifs is 2. The van der Waals surface area contributed by atoms with Crippen molar-refractivity contribution in [3.63, 3.8) is 0 Å². The second kappa shape index (κ2) is 1.51. The summed E-state index contributed by atoms with van der Waals surface area (Å²) in [5, 5.41) is 9.28. The number of rotatable bonds is 0. The lowest BCUT2D eigenvalue weighted by atomic mass is 9.54. The fraction of sp³-hybridized carbons (Fsp3) is 1.00. The van der Waals surface area contributed by atoms with Gasteiger partial charge in [-0.2, -0.15) is 0 Å². The van der Waals surface area contributed by atoms with Gasteiger partial charge in [-0.3, -0.25) is 0 Å². The van der Waals surface area contributed by atoms with Gasteiger partial charge in [-0.15, -0.1) is 0 Å². The topological polar surface area (TPSA) is 20.2 Å². The average molecular weight is 126 g/mol. The molecule has 2 bridgehead atoms. The van der Waals surface area contributed by atoms with Crippen molar-refractivity contribution in [1.82, 2.24) is 0 Å². The maximum Gasteiger partial charge on any atom is 0.0548 e. The molecule has 3 fully saturated rings. The summed E-state index contributed by atoms with van der Waals surface area (Å²) in [6.07, 6.45) is 4.93. The van der Waals surface area contributed by atoms with Gasteiger partial charge in [0.25, 0.3) is 0 Å².